The fourth-order valence-electron chi connectivity index (χ4n) is 2.31. The summed E-state index contributed by atoms with van der Waals surface area (Å²) in [5, 5.41) is 2.91. The third kappa shape index (κ3) is 4.37. The van der Waals surface area contributed by atoms with Crippen molar-refractivity contribution in [2.24, 2.45) is 0 Å². The average Bonchev–Trinajstić information content (AvgIpc) is 2.63. The molecule has 1 amide bonds. The normalized spacial score (nSPS) is 10.4. The Morgan fingerprint density at radius 2 is 1.81 bits per heavy atom. The van der Waals surface area contributed by atoms with Gasteiger partial charge < -0.3 is 10.1 Å². The van der Waals surface area contributed by atoms with Gasteiger partial charge in [0.1, 0.15) is 24.0 Å². The van der Waals surface area contributed by atoms with Crippen molar-refractivity contribution in [2.45, 2.75) is 6.61 Å². The van der Waals surface area contributed by atoms with Crippen molar-refractivity contribution in [2.75, 3.05) is 5.32 Å². The molecular weight excluding hydrogens is 360 g/mol. The molecule has 3 rings (SSSR count). The number of benzene rings is 3. The maximum Gasteiger partial charge on any atom is 0.255 e. The minimum Gasteiger partial charge on any atom is -0.487 e. The number of carbonyl (C=O) groups excluding carboxylic acids is 1. The molecule has 3 aromatic rings. The summed E-state index contributed by atoms with van der Waals surface area (Å²) in [7, 11) is 0. The summed E-state index contributed by atoms with van der Waals surface area (Å²) in [5.41, 5.74) is 0.986. The predicted molar refractivity (Wildman–Crippen MR) is 96.5 cm³/mol. The van der Waals surface area contributed by atoms with Crippen LogP contribution in [0.5, 0.6) is 5.75 Å². The first kappa shape index (κ1) is 17.9. The van der Waals surface area contributed by atoms with E-state index in [0.717, 1.165) is 11.6 Å². The lowest BCUT2D eigenvalue weighted by atomic mass is 10.1. The number of para-hydroxylation sites is 1. The number of hydrogen-bond donors (Lipinski definition) is 1. The van der Waals surface area contributed by atoms with Gasteiger partial charge in [-0.15, -0.1) is 0 Å². The van der Waals surface area contributed by atoms with Crippen molar-refractivity contribution < 1.29 is 18.3 Å². The number of hydrogen-bond acceptors (Lipinski definition) is 2. The van der Waals surface area contributed by atoms with Gasteiger partial charge in [-0.1, -0.05) is 35.9 Å². The van der Waals surface area contributed by atoms with E-state index in [9.17, 15) is 13.6 Å². The SMILES string of the molecule is O=C(Nc1ccc(F)cc1F)c1cccc(COc2ccccc2Cl)c1. The molecule has 0 bridgehead atoms. The summed E-state index contributed by atoms with van der Waals surface area (Å²) in [6, 6.07) is 16.8. The van der Waals surface area contributed by atoms with Crippen LogP contribution in [-0.2, 0) is 6.61 Å². The Morgan fingerprint density at radius 3 is 2.58 bits per heavy atom. The monoisotopic (exact) mass is 373 g/mol. The maximum atomic E-state index is 13.7. The molecule has 3 aromatic carbocycles. The number of anilines is 1. The minimum atomic E-state index is -0.837. The van der Waals surface area contributed by atoms with Crippen LogP contribution in [0, 0.1) is 11.6 Å². The van der Waals surface area contributed by atoms with E-state index in [1.165, 1.54) is 6.07 Å². The van der Waals surface area contributed by atoms with E-state index in [2.05, 4.69) is 5.32 Å². The van der Waals surface area contributed by atoms with Crippen molar-refractivity contribution in [3.63, 3.8) is 0 Å². The van der Waals surface area contributed by atoms with Gasteiger partial charge in [0, 0.05) is 11.6 Å². The highest BCUT2D eigenvalue weighted by molar-refractivity contribution is 6.32. The maximum absolute atomic E-state index is 13.7. The van der Waals surface area contributed by atoms with E-state index in [-0.39, 0.29) is 12.3 Å². The van der Waals surface area contributed by atoms with Gasteiger partial charge in [0.05, 0.1) is 10.7 Å². The molecule has 0 unspecified atom stereocenters. The Hall–Kier alpha value is -2.92. The summed E-state index contributed by atoms with van der Waals surface area (Å²) in [4.78, 5) is 12.3. The summed E-state index contributed by atoms with van der Waals surface area (Å²) in [6.45, 7) is 0.218. The van der Waals surface area contributed by atoms with E-state index in [4.69, 9.17) is 16.3 Å². The Labute approximate surface area is 154 Å². The lowest BCUT2D eigenvalue weighted by Gasteiger charge is -2.10. The van der Waals surface area contributed by atoms with Crippen LogP contribution in [0.3, 0.4) is 0 Å². The Morgan fingerprint density at radius 1 is 1.00 bits per heavy atom. The van der Waals surface area contributed by atoms with Crippen molar-refractivity contribution in [1.82, 2.24) is 0 Å². The van der Waals surface area contributed by atoms with Crippen LogP contribution in [0.2, 0.25) is 5.02 Å². The smallest absolute Gasteiger partial charge is 0.255 e. The van der Waals surface area contributed by atoms with E-state index < -0.39 is 17.5 Å². The molecule has 0 spiro atoms. The fraction of sp³-hybridized carbons (Fsp3) is 0.0500. The Balaban J connectivity index is 1.70. The zero-order valence-corrected chi connectivity index (χ0v) is 14.3. The highest BCUT2D eigenvalue weighted by Crippen LogP contribution is 2.24. The van der Waals surface area contributed by atoms with Crippen molar-refractivity contribution in [1.29, 1.82) is 0 Å². The van der Waals surface area contributed by atoms with Gasteiger partial charge in [-0.2, -0.15) is 0 Å². The van der Waals surface area contributed by atoms with E-state index in [0.29, 0.717) is 22.4 Å². The highest BCUT2D eigenvalue weighted by atomic mass is 35.5. The molecule has 6 heteroatoms. The standard InChI is InChI=1S/C20H14ClF2NO2/c21-16-6-1-2-7-19(16)26-12-13-4-3-5-14(10-13)20(25)24-18-9-8-15(22)11-17(18)23/h1-11H,12H2,(H,24,25). The molecule has 1 N–H and O–H groups in total. The first-order valence-electron chi connectivity index (χ1n) is 7.75. The number of rotatable bonds is 5. The molecule has 0 aliphatic carbocycles. The van der Waals surface area contributed by atoms with Gasteiger partial charge in [0.15, 0.2) is 0 Å². The number of ether oxygens (including phenoxy) is 1. The van der Waals surface area contributed by atoms with Crippen LogP contribution in [-0.4, -0.2) is 5.91 Å². The third-order valence-electron chi connectivity index (χ3n) is 3.60. The van der Waals surface area contributed by atoms with Crippen molar-refractivity contribution in [3.05, 3.63) is 94.5 Å². The van der Waals surface area contributed by atoms with Gasteiger partial charge in [0.25, 0.3) is 5.91 Å². The molecule has 0 atom stereocenters. The van der Waals surface area contributed by atoms with Crippen LogP contribution >= 0.6 is 11.6 Å². The highest BCUT2D eigenvalue weighted by Gasteiger charge is 2.11. The number of nitrogens with one attached hydrogen (secondary N) is 1. The molecule has 0 aromatic heterocycles. The van der Waals surface area contributed by atoms with Gasteiger partial charge in [-0.05, 0) is 42.0 Å². The second kappa shape index (κ2) is 7.97. The summed E-state index contributed by atoms with van der Waals surface area (Å²) < 4.78 is 32.2. The van der Waals surface area contributed by atoms with Gasteiger partial charge in [-0.3, -0.25) is 4.79 Å². The molecule has 0 saturated carbocycles. The van der Waals surface area contributed by atoms with E-state index in [1.807, 2.05) is 6.07 Å². The molecule has 0 aliphatic rings. The molecule has 0 aliphatic heterocycles. The largest absolute Gasteiger partial charge is 0.487 e. The average molecular weight is 374 g/mol. The number of carbonyl (C=O) groups is 1. The zero-order chi connectivity index (χ0) is 18.5. The minimum absolute atomic E-state index is 0.0888. The summed E-state index contributed by atoms with van der Waals surface area (Å²) >= 11 is 6.04. The van der Waals surface area contributed by atoms with Gasteiger partial charge >= 0.3 is 0 Å². The molecule has 26 heavy (non-hydrogen) atoms. The van der Waals surface area contributed by atoms with Gasteiger partial charge in [-0.25, -0.2) is 8.78 Å². The summed E-state index contributed by atoms with van der Waals surface area (Å²) in [5.74, 6) is -1.51. The molecule has 0 saturated heterocycles. The van der Waals surface area contributed by atoms with Crippen LogP contribution in [0.1, 0.15) is 15.9 Å². The molecular formula is C20H14ClF2NO2. The number of amides is 1. The molecule has 0 radical (unpaired) electrons. The topological polar surface area (TPSA) is 38.3 Å². The van der Waals surface area contributed by atoms with E-state index in [1.54, 1.807) is 42.5 Å². The first-order chi connectivity index (χ1) is 12.5. The lowest BCUT2D eigenvalue weighted by Crippen LogP contribution is -2.13. The first-order valence-corrected chi connectivity index (χ1v) is 8.13. The molecule has 0 fully saturated rings. The fourth-order valence-corrected chi connectivity index (χ4v) is 2.50. The number of halogens is 3. The quantitative estimate of drug-likeness (QED) is 0.645. The Bertz CT molecular complexity index is 947. The predicted octanol–water partition coefficient (Wildman–Crippen LogP) is 5.45. The van der Waals surface area contributed by atoms with Crippen molar-refractivity contribution in [3.8, 4) is 5.75 Å². The second-order valence-electron chi connectivity index (χ2n) is 5.50. The van der Waals surface area contributed by atoms with Crippen LogP contribution in [0.15, 0.2) is 66.7 Å². The zero-order valence-electron chi connectivity index (χ0n) is 13.5. The van der Waals surface area contributed by atoms with Crippen molar-refractivity contribution >= 4 is 23.2 Å². The molecule has 132 valence electrons. The Kier molecular flexibility index (Phi) is 5.49. The third-order valence-corrected chi connectivity index (χ3v) is 3.91. The van der Waals surface area contributed by atoms with Crippen LogP contribution in [0.4, 0.5) is 14.5 Å². The molecule has 0 heterocycles. The van der Waals surface area contributed by atoms with Crippen LogP contribution < -0.4 is 10.1 Å². The summed E-state index contributed by atoms with van der Waals surface area (Å²) in [6.07, 6.45) is 0. The lowest BCUT2D eigenvalue weighted by molar-refractivity contribution is 0.102. The molecule has 3 nitrogen and oxygen atoms in total. The van der Waals surface area contributed by atoms with Crippen LogP contribution in [0.25, 0.3) is 0 Å². The second-order valence-corrected chi connectivity index (χ2v) is 5.90. The van der Waals surface area contributed by atoms with E-state index >= 15 is 0 Å². The van der Waals surface area contributed by atoms with Gasteiger partial charge in [0.2, 0.25) is 0 Å².